The topological polar surface area (TPSA) is 116 Å². The maximum Gasteiger partial charge on any atom is 0.332 e. The van der Waals surface area contributed by atoms with Gasteiger partial charge in [0.15, 0.2) is 11.2 Å². The highest BCUT2D eigenvalue weighted by molar-refractivity contribution is 5.77. The van der Waals surface area contributed by atoms with Gasteiger partial charge >= 0.3 is 11.7 Å². The third kappa shape index (κ3) is 2.37. The molecule has 0 unspecified atom stereocenters. The van der Waals surface area contributed by atoms with Crippen LogP contribution >= 0.6 is 0 Å². The largest absolute Gasteiger partial charge is 0.481 e. The first kappa shape index (κ1) is 14.7. The van der Waals surface area contributed by atoms with Gasteiger partial charge in [-0.15, -0.1) is 0 Å². The number of nitrogens with zero attached hydrogens (tertiary/aromatic N) is 4. The van der Waals surface area contributed by atoms with Crippen molar-refractivity contribution in [1.29, 1.82) is 0 Å². The zero-order valence-corrected chi connectivity index (χ0v) is 11.8. The summed E-state index contributed by atoms with van der Waals surface area (Å²) in [6, 6.07) is 0. The number of imidazole rings is 1. The molecule has 0 spiro atoms. The maximum atomic E-state index is 12.3. The number of hydrogen-bond acceptors (Lipinski definition) is 5. The van der Waals surface area contributed by atoms with Gasteiger partial charge in [-0.1, -0.05) is 0 Å². The van der Waals surface area contributed by atoms with Crippen molar-refractivity contribution in [3.8, 4) is 0 Å². The van der Waals surface area contributed by atoms with E-state index >= 15 is 0 Å². The Balaban J connectivity index is 2.86. The van der Waals surface area contributed by atoms with Crippen LogP contribution in [0.15, 0.2) is 9.59 Å². The van der Waals surface area contributed by atoms with Crippen molar-refractivity contribution in [1.82, 2.24) is 18.7 Å². The lowest BCUT2D eigenvalue weighted by atomic mass is 10.4. The van der Waals surface area contributed by atoms with Crippen LogP contribution in [0.4, 0.5) is 0 Å². The average molecular weight is 294 g/mol. The van der Waals surface area contributed by atoms with Crippen molar-refractivity contribution < 1.29 is 14.7 Å². The third-order valence-corrected chi connectivity index (χ3v) is 3.14. The first-order valence-electron chi connectivity index (χ1n) is 6.10. The minimum absolute atomic E-state index is 0.0922. The number of fused-ring (bicyclic) bond motifs is 1. The molecule has 0 atom stereocenters. The van der Waals surface area contributed by atoms with E-state index in [0.29, 0.717) is 0 Å². The molecule has 0 aliphatic heterocycles. The number of ketones is 1. The molecule has 2 heterocycles. The van der Waals surface area contributed by atoms with Gasteiger partial charge in [-0.25, -0.2) is 9.78 Å². The van der Waals surface area contributed by atoms with Crippen molar-refractivity contribution in [2.24, 2.45) is 14.1 Å². The van der Waals surface area contributed by atoms with Crippen LogP contribution in [-0.4, -0.2) is 35.5 Å². The van der Waals surface area contributed by atoms with Gasteiger partial charge < -0.3 is 9.67 Å². The van der Waals surface area contributed by atoms with E-state index in [1.54, 1.807) is 0 Å². The standard InChI is InChI=1S/C12H14N4O5/c1-6(17)5-16-11(20)9-10(15(3)12(16)21)13-7(14(9)2)4-8(18)19/h4-5H2,1-3H3,(H,18,19). The van der Waals surface area contributed by atoms with Crippen molar-refractivity contribution in [3.63, 3.8) is 0 Å². The molecule has 112 valence electrons. The number of carbonyl (C=O) groups is 2. The molecule has 0 saturated carbocycles. The van der Waals surface area contributed by atoms with Gasteiger partial charge in [-0.2, -0.15) is 0 Å². The van der Waals surface area contributed by atoms with Crippen LogP contribution in [-0.2, 0) is 36.6 Å². The number of aromatic nitrogens is 4. The highest BCUT2D eigenvalue weighted by Gasteiger charge is 2.19. The Labute approximate surface area is 118 Å². The zero-order chi connectivity index (χ0) is 15.9. The molecule has 2 rings (SSSR count). The fourth-order valence-corrected chi connectivity index (χ4v) is 2.14. The zero-order valence-electron chi connectivity index (χ0n) is 11.8. The van der Waals surface area contributed by atoms with Crippen molar-refractivity contribution in [3.05, 3.63) is 26.7 Å². The minimum atomic E-state index is -1.09. The number of aliphatic carboxylic acids is 1. The molecule has 0 fully saturated rings. The van der Waals surface area contributed by atoms with Gasteiger partial charge in [0, 0.05) is 14.1 Å². The molecule has 0 bridgehead atoms. The Morgan fingerprint density at radius 3 is 2.33 bits per heavy atom. The van der Waals surface area contributed by atoms with Gasteiger partial charge in [0.2, 0.25) is 0 Å². The number of carbonyl (C=O) groups excluding carboxylic acids is 1. The van der Waals surface area contributed by atoms with E-state index < -0.39 is 17.2 Å². The predicted octanol–water partition coefficient (Wildman–Crippen LogP) is -1.35. The molecule has 0 aliphatic rings. The number of rotatable bonds is 4. The van der Waals surface area contributed by atoms with Crippen LogP contribution in [0.1, 0.15) is 12.7 Å². The van der Waals surface area contributed by atoms with E-state index in [1.165, 1.54) is 25.6 Å². The molecule has 0 aromatic carbocycles. The fourth-order valence-electron chi connectivity index (χ4n) is 2.14. The van der Waals surface area contributed by atoms with Gasteiger partial charge in [-0.3, -0.25) is 23.5 Å². The first-order valence-corrected chi connectivity index (χ1v) is 6.10. The van der Waals surface area contributed by atoms with Crippen molar-refractivity contribution in [2.45, 2.75) is 19.9 Å². The summed E-state index contributed by atoms with van der Waals surface area (Å²) < 4.78 is 3.28. The van der Waals surface area contributed by atoms with E-state index in [-0.39, 0.29) is 35.7 Å². The monoisotopic (exact) mass is 294 g/mol. The Morgan fingerprint density at radius 1 is 1.19 bits per heavy atom. The number of Topliss-reactive ketones (excluding diaryl/α,β-unsaturated/α-hetero) is 1. The van der Waals surface area contributed by atoms with Crippen LogP contribution in [0.2, 0.25) is 0 Å². The molecule has 1 N–H and O–H groups in total. The molecule has 21 heavy (non-hydrogen) atoms. The first-order chi connectivity index (χ1) is 9.73. The van der Waals surface area contributed by atoms with E-state index in [0.717, 1.165) is 9.13 Å². The summed E-state index contributed by atoms with van der Waals surface area (Å²) >= 11 is 0. The lowest BCUT2D eigenvalue weighted by molar-refractivity contribution is -0.136. The molecule has 2 aromatic rings. The van der Waals surface area contributed by atoms with Crippen LogP contribution in [0.3, 0.4) is 0 Å². The molecular weight excluding hydrogens is 280 g/mol. The molecule has 0 saturated heterocycles. The average Bonchev–Trinajstić information content (AvgIpc) is 2.69. The second kappa shape index (κ2) is 5.00. The summed E-state index contributed by atoms with van der Waals surface area (Å²) in [4.78, 5) is 50.5. The summed E-state index contributed by atoms with van der Waals surface area (Å²) in [6.07, 6.45) is -0.370. The van der Waals surface area contributed by atoms with Crippen LogP contribution < -0.4 is 11.2 Å². The number of carboxylic acid groups (broad SMARTS) is 1. The van der Waals surface area contributed by atoms with E-state index in [2.05, 4.69) is 4.98 Å². The van der Waals surface area contributed by atoms with Crippen molar-refractivity contribution >= 4 is 22.9 Å². The third-order valence-electron chi connectivity index (χ3n) is 3.14. The summed E-state index contributed by atoms with van der Waals surface area (Å²) in [5, 5.41) is 8.83. The number of carboxylic acids is 1. The SMILES string of the molecule is CC(=O)Cn1c(=O)c2c(nc(CC(=O)O)n2C)n(C)c1=O. The highest BCUT2D eigenvalue weighted by atomic mass is 16.4. The predicted molar refractivity (Wildman–Crippen MR) is 72.2 cm³/mol. The summed E-state index contributed by atoms with van der Waals surface area (Å²) in [7, 11) is 2.91. The van der Waals surface area contributed by atoms with Crippen LogP contribution in [0, 0.1) is 0 Å². The molecule has 2 aromatic heterocycles. The quantitative estimate of drug-likeness (QED) is 0.745. The number of hydrogen-bond donors (Lipinski definition) is 1. The molecule has 0 amide bonds. The second-order valence-electron chi connectivity index (χ2n) is 4.76. The normalized spacial score (nSPS) is 11.0. The lowest BCUT2D eigenvalue weighted by Gasteiger charge is -2.06. The lowest BCUT2D eigenvalue weighted by Crippen LogP contribution is -2.40. The highest BCUT2D eigenvalue weighted by Crippen LogP contribution is 2.09. The molecule has 0 radical (unpaired) electrons. The van der Waals surface area contributed by atoms with Crippen LogP contribution in [0.25, 0.3) is 11.2 Å². The summed E-state index contributed by atoms with van der Waals surface area (Å²) in [5.41, 5.74) is -1.13. The van der Waals surface area contributed by atoms with E-state index in [4.69, 9.17) is 5.11 Å². The fraction of sp³-hybridized carbons (Fsp3) is 0.417. The van der Waals surface area contributed by atoms with E-state index in [1.807, 2.05) is 0 Å². The van der Waals surface area contributed by atoms with Crippen molar-refractivity contribution in [2.75, 3.05) is 0 Å². The van der Waals surface area contributed by atoms with E-state index in [9.17, 15) is 19.2 Å². The maximum absolute atomic E-state index is 12.3. The van der Waals surface area contributed by atoms with Crippen LogP contribution in [0.5, 0.6) is 0 Å². The van der Waals surface area contributed by atoms with Gasteiger partial charge in [0.05, 0.1) is 6.54 Å². The molecule has 0 aliphatic carbocycles. The molecule has 9 heteroatoms. The summed E-state index contributed by atoms with van der Waals surface area (Å²) in [5.74, 6) is -1.27. The smallest absolute Gasteiger partial charge is 0.332 e. The minimum Gasteiger partial charge on any atom is -0.481 e. The summed E-state index contributed by atoms with van der Waals surface area (Å²) in [6.45, 7) is 0.941. The van der Waals surface area contributed by atoms with Gasteiger partial charge in [0.1, 0.15) is 18.0 Å². The van der Waals surface area contributed by atoms with Gasteiger partial charge in [0.25, 0.3) is 5.56 Å². The Hall–Kier alpha value is -2.71. The number of aryl methyl sites for hydroxylation is 2. The Kier molecular flexibility index (Phi) is 3.50. The molecular formula is C12H14N4O5. The Morgan fingerprint density at radius 2 is 1.81 bits per heavy atom. The second-order valence-corrected chi connectivity index (χ2v) is 4.76. The Bertz CT molecular complexity index is 870. The molecule has 9 nitrogen and oxygen atoms in total. The van der Waals surface area contributed by atoms with Gasteiger partial charge in [-0.05, 0) is 6.92 Å².